The van der Waals surface area contributed by atoms with Crippen molar-refractivity contribution in [3.8, 4) is 17.1 Å². The van der Waals surface area contributed by atoms with Crippen LogP contribution in [0.3, 0.4) is 0 Å². The predicted molar refractivity (Wildman–Crippen MR) is 121 cm³/mol. The Hall–Kier alpha value is -2.21. The predicted octanol–water partition coefficient (Wildman–Crippen LogP) is 6.39. The molecule has 1 amide bonds. The molecule has 148 valence electrons. The fourth-order valence-corrected chi connectivity index (χ4v) is 4.34. The average molecular weight is 445 g/mol. The lowest BCUT2D eigenvalue weighted by atomic mass is 10.0. The Morgan fingerprint density at radius 3 is 2.10 bits per heavy atom. The Labute approximate surface area is 184 Å². The number of amides is 1. The van der Waals surface area contributed by atoms with Crippen LogP contribution in [0.2, 0.25) is 10.0 Å². The SMILES string of the molecule is CCCC(S)n1c(O)c2c(c1-c1ccc(Cl)cc1)C(=O)N=C2c1ccc(Cl)cc1. The van der Waals surface area contributed by atoms with Gasteiger partial charge in [-0.3, -0.25) is 9.36 Å². The van der Waals surface area contributed by atoms with Crippen LogP contribution in [0.5, 0.6) is 5.88 Å². The number of nitrogens with zero attached hydrogens (tertiary/aromatic N) is 2. The van der Waals surface area contributed by atoms with Gasteiger partial charge >= 0.3 is 0 Å². The zero-order chi connectivity index (χ0) is 20.7. The first kappa shape index (κ1) is 20.1. The maximum atomic E-state index is 12.9. The minimum atomic E-state index is -0.388. The molecule has 4 rings (SSSR count). The lowest BCUT2D eigenvalue weighted by molar-refractivity contribution is 0.101. The van der Waals surface area contributed by atoms with Crippen molar-refractivity contribution in [1.29, 1.82) is 0 Å². The third kappa shape index (κ3) is 3.48. The Morgan fingerprint density at radius 1 is 1.00 bits per heavy atom. The standard InChI is InChI=1S/C22H18Cl2N2O2S/c1-2-3-16(29)26-20(13-6-10-15(24)11-7-13)18-17(22(26)28)19(25-21(18)27)12-4-8-14(23)9-5-12/h4-11,16,28-29H,2-3H2,1H3. The zero-order valence-corrected chi connectivity index (χ0v) is 18.0. The molecule has 0 aliphatic carbocycles. The molecule has 1 atom stereocenters. The van der Waals surface area contributed by atoms with E-state index in [0.29, 0.717) is 38.1 Å². The monoisotopic (exact) mass is 444 g/mol. The molecule has 0 saturated carbocycles. The van der Waals surface area contributed by atoms with Crippen LogP contribution < -0.4 is 0 Å². The number of aliphatic imine (C=N–C) groups is 1. The first-order chi connectivity index (χ1) is 13.9. The molecule has 29 heavy (non-hydrogen) atoms. The highest BCUT2D eigenvalue weighted by atomic mass is 35.5. The highest BCUT2D eigenvalue weighted by Gasteiger charge is 2.37. The summed E-state index contributed by atoms with van der Waals surface area (Å²) in [6, 6.07) is 14.2. The molecule has 0 bridgehead atoms. The van der Waals surface area contributed by atoms with Gasteiger partial charge in [0.25, 0.3) is 5.91 Å². The third-order valence-corrected chi connectivity index (χ3v) is 5.92. The van der Waals surface area contributed by atoms with Gasteiger partial charge in [-0.25, -0.2) is 4.99 Å². The van der Waals surface area contributed by atoms with E-state index in [1.54, 1.807) is 41.0 Å². The van der Waals surface area contributed by atoms with Crippen molar-refractivity contribution in [3.05, 3.63) is 75.3 Å². The van der Waals surface area contributed by atoms with Crippen LogP contribution >= 0.6 is 35.8 Å². The molecule has 3 aromatic rings. The Morgan fingerprint density at radius 2 is 1.55 bits per heavy atom. The van der Waals surface area contributed by atoms with Gasteiger partial charge in [0.15, 0.2) is 0 Å². The van der Waals surface area contributed by atoms with E-state index in [2.05, 4.69) is 4.99 Å². The number of aromatic hydroxyl groups is 1. The number of halogens is 2. The number of hydrogen-bond acceptors (Lipinski definition) is 3. The van der Waals surface area contributed by atoms with Crippen LogP contribution in [-0.2, 0) is 0 Å². The van der Waals surface area contributed by atoms with E-state index in [-0.39, 0.29) is 17.2 Å². The van der Waals surface area contributed by atoms with Crippen molar-refractivity contribution in [2.45, 2.75) is 25.1 Å². The van der Waals surface area contributed by atoms with Crippen molar-refractivity contribution in [1.82, 2.24) is 4.57 Å². The van der Waals surface area contributed by atoms with Crippen molar-refractivity contribution >= 4 is 47.4 Å². The number of fused-ring (bicyclic) bond motifs is 1. The quantitative estimate of drug-likeness (QED) is 0.448. The van der Waals surface area contributed by atoms with Gasteiger partial charge < -0.3 is 5.11 Å². The second-order valence-corrected chi connectivity index (χ2v) is 8.31. The molecular weight excluding hydrogens is 427 g/mol. The molecule has 2 heterocycles. The van der Waals surface area contributed by atoms with Crippen LogP contribution in [0.1, 0.15) is 46.6 Å². The minimum absolute atomic E-state index is 0.0158. The second-order valence-electron chi connectivity index (χ2n) is 6.84. The first-order valence-electron chi connectivity index (χ1n) is 9.22. The van der Waals surface area contributed by atoms with Crippen molar-refractivity contribution < 1.29 is 9.90 Å². The van der Waals surface area contributed by atoms with Crippen LogP contribution in [0.15, 0.2) is 53.5 Å². The summed E-state index contributed by atoms with van der Waals surface area (Å²) in [5.41, 5.74) is 3.32. The fraction of sp³-hybridized carbons (Fsp3) is 0.182. The summed E-state index contributed by atoms with van der Waals surface area (Å²) < 4.78 is 1.71. The molecule has 4 nitrogen and oxygen atoms in total. The third-order valence-electron chi connectivity index (χ3n) is 4.92. The summed E-state index contributed by atoms with van der Waals surface area (Å²) in [7, 11) is 0. The highest BCUT2D eigenvalue weighted by Crippen LogP contribution is 2.44. The summed E-state index contributed by atoms with van der Waals surface area (Å²) in [5.74, 6) is -0.404. The molecule has 7 heteroatoms. The van der Waals surface area contributed by atoms with Crippen molar-refractivity contribution in [2.24, 2.45) is 4.99 Å². The Kier molecular flexibility index (Phi) is 5.47. The fourth-order valence-electron chi connectivity index (χ4n) is 3.61. The van der Waals surface area contributed by atoms with E-state index in [4.69, 9.17) is 35.8 Å². The summed E-state index contributed by atoms with van der Waals surface area (Å²) in [4.78, 5) is 17.2. The van der Waals surface area contributed by atoms with Crippen LogP contribution in [0.25, 0.3) is 11.3 Å². The maximum absolute atomic E-state index is 12.9. The first-order valence-corrected chi connectivity index (χ1v) is 10.5. The Bertz CT molecular complexity index is 1120. The van der Waals surface area contributed by atoms with Gasteiger partial charge in [-0.15, -0.1) is 0 Å². The summed E-state index contributed by atoms with van der Waals surface area (Å²) in [5, 5.41) is 12.1. The van der Waals surface area contributed by atoms with Gasteiger partial charge in [0.2, 0.25) is 5.88 Å². The van der Waals surface area contributed by atoms with Gasteiger partial charge in [0.1, 0.15) is 0 Å². The van der Waals surface area contributed by atoms with E-state index < -0.39 is 0 Å². The normalized spacial score (nSPS) is 14.1. The molecule has 1 aliphatic rings. The van der Waals surface area contributed by atoms with Crippen molar-refractivity contribution in [3.63, 3.8) is 0 Å². The van der Waals surface area contributed by atoms with Crippen LogP contribution in [0, 0.1) is 0 Å². The number of aromatic nitrogens is 1. The lowest BCUT2D eigenvalue weighted by Gasteiger charge is -2.18. The molecule has 0 radical (unpaired) electrons. The van der Waals surface area contributed by atoms with E-state index in [0.717, 1.165) is 18.4 Å². The van der Waals surface area contributed by atoms with Crippen molar-refractivity contribution in [2.75, 3.05) is 0 Å². The summed E-state index contributed by atoms with van der Waals surface area (Å²) in [6.45, 7) is 2.05. The molecule has 2 aromatic carbocycles. The highest BCUT2D eigenvalue weighted by molar-refractivity contribution is 7.80. The van der Waals surface area contributed by atoms with Gasteiger partial charge in [-0.05, 0) is 36.2 Å². The topological polar surface area (TPSA) is 54.6 Å². The number of thiol groups is 1. The lowest BCUT2D eigenvalue weighted by Crippen LogP contribution is -2.07. The second kappa shape index (κ2) is 7.90. The number of rotatable bonds is 5. The molecule has 0 spiro atoms. The molecule has 1 unspecified atom stereocenters. The molecule has 0 fully saturated rings. The largest absolute Gasteiger partial charge is 0.494 e. The zero-order valence-electron chi connectivity index (χ0n) is 15.6. The number of carbonyl (C=O) groups is 1. The molecule has 1 N–H and O–H groups in total. The Balaban J connectivity index is 1.97. The van der Waals surface area contributed by atoms with Gasteiger partial charge in [0.05, 0.1) is 27.9 Å². The van der Waals surface area contributed by atoms with E-state index in [9.17, 15) is 9.90 Å². The molecule has 1 aromatic heterocycles. The number of carbonyl (C=O) groups excluding carboxylic acids is 1. The van der Waals surface area contributed by atoms with E-state index in [1.165, 1.54) is 0 Å². The maximum Gasteiger partial charge on any atom is 0.280 e. The van der Waals surface area contributed by atoms with E-state index in [1.807, 2.05) is 19.1 Å². The molecule has 0 saturated heterocycles. The smallest absolute Gasteiger partial charge is 0.280 e. The summed E-state index contributed by atoms with van der Waals surface area (Å²) in [6.07, 6.45) is 1.61. The minimum Gasteiger partial charge on any atom is -0.494 e. The van der Waals surface area contributed by atoms with Crippen LogP contribution in [0.4, 0.5) is 0 Å². The molecular formula is C22H18Cl2N2O2S. The van der Waals surface area contributed by atoms with E-state index >= 15 is 0 Å². The van der Waals surface area contributed by atoms with Gasteiger partial charge in [-0.1, -0.05) is 60.8 Å². The number of benzene rings is 2. The van der Waals surface area contributed by atoms with Gasteiger partial charge in [0, 0.05) is 15.6 Å². The average Bonchev–Trinajstić information content (AvgIpc) is 3.19. The summed E-state index contributed by atoms with van der Waals surface area (Å²) >= 11 is 16.7. The molecule has 1 aliphatic heterocycles. The van der Waals surface area contributed by atoms with Gasteiger partial charge in [-0.2, -0.15) is 12.6 Å². The van der Waals surface area contributed by atoms with Crippen LogP contribution in [-0.4, -0.2) is 21.3 Å². The number of hydrogen-bond donors (Lipinski definition) is 2.